The van der Waals surface area contributed by atoms with Gasteiger partial charge in [-0.05, 0) is 25.8 Å². The van der Waals surface area contributed by atoms with Gasteiger partial charge < -0.3 is 4.90 Å². The molecule has 1 fully saturated rings. The first-order chi connectivity index (χ1) is 12.1. The topological polar surface area (TPSA) is 37.4 Å². The molecule has 2 atom stereocenters. The SMILES string of the molecule is CN1CC(CC(=O)c2ccccc2)CCC1CC(=O)c1ccccc1. The van der Waals surface area contributed by atoms with Gasteiger partial charge in [-0.25, -0.2) is 0 Å². The summed E-state index contributed by atoms with van der Waals surface area (Å²) >= 11 is 0. The number of piperidine rings is 1. The van der Waals surface area contributed by atoms with Crippen LogP contribution >= 0.6 is 0 Å². The maximum absolute atomic E-state index is 12.4. The van der Waals surface area contributed by atoms with E-state index < -0.39 is 0 Å². The van der Waals surface area contributed by atoms with Crippen LogP contribution in [0.1, 0.15) is 46.4 Å². The van der Waals surface area contributed by atoms with Crippen molar-refractivity contribution >= 4 is 11.6 Å². The first-order valence-electron chi connectivity index (χ1n) is 9.00. The number of ketones is 2. The van der Waals surface area contributed by atoms with Crippen LogP contribution in [0.5, 0.6) is 0 Å². The summed E-state index contributed by atoms with van der Waals surface area (Å²) in [6, 6.07) is 19.3. The third-order valence-electron chi connectivity index (χ3n) is 5.16. The summed E-state index contributed by atoms with van der Waals surface area (Å²) < 4.78 is 0. The second kappa shape index (κ2) is 8.21. The van der Waals surface area contributed by atoms with E-state index in [1.54, 1.807) is 0 Å². The monoisotopic (exact) mass is 335 g/mol. The Kier molecular flexibility index (Phi) is 5.77. The first-order valence-corrected chi connectivity index (χ1v) is 9.00. The van der Waals surface area contributed by atoms with E-state index in [1.807, 2.05) is 60.7 Å². The Labute approximate surface area is 149 Å². The molecule has 0 bridgehead atoms. The van der Waals surface area contributed by atoms with Crippen LogP contribution in [0.25, 0.3) is 0 Å². The quantitative estimate of drug-likeness (QED) is 0.741. The van der Waals surface area contributed by atoms with Gasteiger partial charge in [-0.2, -0.15) is 0 Å². The van der Waals surface area contributed by atoms with Gasteiger partial charge in [-0.3, -0.25) is 9.59 Å². The van der Waals surface area contributed by atoms with Crippen LogP contribution in [-0.4, -0.2) is 36.1 Å². The molecule has 0 saturated carbocycles. The van der Waals surface area contributed by atoms with Crippen molar-refractivity contribution in [2.24, 2.45) is 5.92 Å². The Morgan fingerprint density at radius 1 is 0.840 bits per heavy atom. The number of carbonyl (C=O) groups is 2. The van der Waals surface area contributed by atoms with E-state index in [0.717, 1.165) is 30.5 Å². The zero-order valence-corrected chi connectivity index (χ0v) is 14.7. The molecule has 0 aromatic heterocycles. The van der Waals surface area contributed by atoms with Crippen LogP contribution < -0.4 is 0 Å². The molecule has 25 heavy (non-hydrogen) atoms. The zero-order valence-electron chi connectivity index (χ0n) is 14.7. The van der Waals surface area contributed by atoms with E-state index in [0.29, 0.717) is 18.8 Å². The van der Waals surface area contributed by atoms with Crippen LogP contribution in [0.3, 0.4) is 0 Å². The average Bonchev–Trinajstić information content (AvgIpc) is 2.65. The van der Waals surface area contributed by atoms with E-state index >= 15 is 0 Å². The molecule has 1 saturated heterocycles. The van der Waals surface area contributed by atoms with Crippen LogP contribution in [0, 0.1) is 5.92 Å². The molecule has 2 aromatic carbocycles. The second-order valence-corrected chi connectivity index (χ2v) is 7.02. The lowest BCUT2D eigenvalue weighted by molar-refractivity contribution is 0.0796. The fourth-order valence-corrected chi connectivity index (χ4v) is 3.68. The van der Waals surface area contributed by atoms with Gasteiger partial charge >= 0.3 is 0 Å². The molecule has 0 radical (unpaired) electrons. The highest BCUT2D eigenvalue weighted by atomic mass is 16.1. The Bertz CT molecular complexity index is 711. The summed E-state index contributed by atoms with van der Waals surface area (Å²) in [7, 11) is 2.07. The van der Waals surface area contributed by atoms with Crippen LogP contribution in [0.4, 0.5) is 0 Å². The fraction of sp³-hybridized carbons (Fsp3) is 0.364. The highest BCUT2D eigenvalue weighted by Crippen LogP contribution is 2.27. The van der Waals surface area contributed by atoms with Crippen molar-refractivity contribution in [3.8, 4) is 0 Å². The molecule has 0 aliphatic carbocycles. The van der Waals surface area contributed by atoms with Crippen LogP contribution in [0.2, 0.25) is 0 Å². The van der Waals surface area contributed by atoms with Crippen molar-refractivity contribution in [3.63, 3.8) is 0 Å². The number of Topliss-reactive ketones (excluding diaryl/α,β-unsaturated/α-hetero) is 2. The van der Waals surface area contributed by atoms with E-state index in [-0.39, 0.29) is 17.6 Å². The number of hydrogen-bond donors (Lipinski definition) is 0. The highest BCUT2D eigenvalue weighted by Gasteiger charge is 2.28. The lowest BCUT2D eigenvalue weighted by Crippen LogP contribution is -2.42. The lowest BCUT2D eigenvalue weighted by Gasteiger charge is -2.36. The first kappa shape index (κ1) is 17.6. The number of rotatable bonds is 6. The maximum atomic E-state index is 12.4. The lowest BCUT2D eigenvalue weighted by atomic mass is 9.86. The van der Waals surface area contributed by atoms with Crippen molar-refractivity contribution in [3.05, 3.63) is 71.8 Å². The van der Waals surface area contributed by atoms with Gasteiger partial charge in [0, 0.05) is 36.6 Å². The summed E-state index contributed by atoms with van der Waals surface area (Å²) in [5.41, 5.74) is 1.59. The van der Waals surface area contributed by atoms with Crippen LogP contribution in [-0.2, 0) is 0 Å². The molecule has 130 valence electrons. The van der Waals surface area contributed by atoms with Crippen molar-refractivity contribution in [2.45, 2.75) is 31.7 Å². The molecule has 0 spiro atoms. The normalized spacial score (nSPS) is 21.0. The fourth-order valence-electron chi connectivity index (χ4n) is 3.68. The minimum absolute atomic E-state index is 0.205. The maximum Gasteiger partial charge on any atom is 0.164 e. The van der Waals surface area contributed by atoms with Gasteiger partial charge in [0.05, 0.1) is 0 Å². The van der Waals surface area contributed by atoms with Crippen molar-refractivity contribution < 1.29 is 9.59 Å². The van der Waals surface area contributed by atoms with E-state index in [4.69, 9.17) is 0 Å². The number of carbonyl (C=O) groups excluding carboxylic acids is 2. The molecule has 2 unspecified atom stereocenters. The Morgan fingerprint density at radius 2 is 1.36 bits per heavy atom. The average molecular weight is 335 g/mol. The number of hydrogen-bond acceptors (Lipinski definition) is 3. The van der Waals surface area contributed by atoms with Gasteiger partial charge in [0.15, 0.2) is 11.6 Å². The van der Waals surface area contributed by atoms with Crippen LogP contribution in [0.15, 0.2) is 60.7 Å². The van der Waals surface area contributed by atoms with Gasteiger partial charge in [0.2, 0.25) is 0 Å². The zero-order chi connectivity index (χ0) is 17.6. The van der Waals surface area contributed by atoms with Gasteiger partial charge in [-0.1, -0.05) is 60.7 Å². The molecule has 1 aliphatic rings. The third kappa shape index (κ3) is 4.64. The minimum Gasteiger partial charge on any atom is -0.303 e. The van der Waals surface area contributed by atoms with Crippen molar-refractivity contribution in [2.75, 3.05) is 13.6 Å². The molecule has 0 amide bonds. The predicted molar refractivity (Wildman–Crippen MR) is 99.9 cm³/mol. The molecular weight excluding hydrogens is 310 g/mol. The Morgan fingerprint density at radius 3 is 1.88 bits per heavy atom. The molecule has 2 aromatic rings. The molecule has 1 aliphatic heterocycles. The summed E-state index contributed by atoms with van der Waals surface area (Å²) in [6.07, 6.45) is 3.13. The molecule has 1 heterocycles. The van der Waals surface area contributed by atoms with Crippen molar-refractivity contribution in [1.82, 2.24) is 4.90 Å². The summed E-state index contributed by atoms with van der Waals surface area (Å²) in [5.74, 6) is 0.801. The predicted octanol–water partition coefficient (Wildman–Crippen LogP) is 4.24. The highest BCUT2D eigenvalue weighted by molar-refractivity contribution is 5.96. The molecule has 3 heteroatoms. The summed E-state index contributed by atoms with van der Waals surface area (Å²) in [5, 5.41) is 0. The van der Waals surface area contributed by atoms with E-state index in [2.05, 4.69) is 11.9 Å². The largest absolute Gasteiger partial charge is 0.303 e. The van der Waals surface area contributed by atoms with Gasteiger partial charge in [0.1, 0.15) is 0 Å². The summed E-state index contributed by atoms with van der Waals surface area (Å²) in [6.45, 7) is 0.880. The van der Waals surface area contributed by atoms with E-state index in [1.165, 1.54) is 0 Å². The van der Waals surface area contributed by atoms with E-state index in [9.17, 15) is 9.59 Å². The number of nitrogens with zero attached hydrogens (tertiary/aromatic N) is 1. The van der Waals surface area contributed by atoms with Gasteiger partial charge in [-0.15, -0.1) is 0 Å². The third-order valence-corrected chi connectivity index (χ3v) is 5.16. The molecule has 3 nitrogen and oxygen atoms in total. The summed E-state index contributed by atoms with van der Waals surface area (Å²) in [4.78, 5) is 27.1. The molecule has 3 rings (SSSR count). The van der Waals surface area contributed by atoms with Crippen molar-refractivity contribution in [1.29, 1.82) is 0 Å². The smallest absolute Gasteiger partial charge is 0.164 e. The Hall–Kier alpha value is -2.26. The minimum atomic E-state index is 0.205. The van der Waals surface area contributed by atoms with Gasteiger partial charge in [0.25, 0.3) is 0 Å². The number of benzene rings is 2. The molecular formula is C22H25NO2. The second-order valence-electron chi connectivity index (χ2n) is 7.02. The standard InChI is InChI=1S/C22H25NO2/c1-23-16-17(14-21(24)18-8-4-2-5-9-18)12-13-20(23)15-22(25)19-10-6-3-7-11-19/h2-11,17,20H,12-16H2,1H3. The molecule has 0 N–H and O–H groups in total. The number of likely N-dealkylation sites (tertiary alicyclic amines) is 1. The Balaban J connectivity index is 1.52.